The topological polar surface area (TPSA) is 64.2 Å². The maximum Gasteiger partial charge on any atom is 0.416 e. The monoisotopic (exact) mass is 612 g/mol. The summed E-state index contributed by atoms with van der Waals surface area (Å²) in [6.07, 6.45) is -8.65. The summed E-state index contributed by atoms with van der Waals surface area (Å²) >= 11 is 0. The first-order valence-corrected chi connectivity index (χ1v) is 14.0. The molecule has 2 aromatic carbocycles. The van der Waals surface area contributed by atoms with Crippen LogP contribution in [0.15, 0.2) is 48.5 Å². The number of hydrogen-bond acceptors (Lipinski definition) is 3. The number of rotatable bonds is 4. The van der Waals surface area contributed by atoms with Crippen molar-refractivity contribution in [1.82, 2.24) is 14.7 Å². The summed E-state index contributed by atoms with van der Waals surface area (Å²) in [5.74, 6) is -0.658. The van der Waals surface area contributed by atoms with Crippen molar-refractivity contribution in [1.29, 1.82) is 0 Å². The normalized spacial score (nSPS) is 20.1. The molecule has 43 heavy (non-hydrogen) atoms. The first-order valence-electron chi connectivity index (χ1n) is 14.0. The number of carbonyl (C=O) groups excluding carboxylic acids is 3. The summed E-state index contributed by atoms with van der Waals surface area (Å²) in [5, 5.41) is 0. The third kappa shape index (κ3) is 7.24. The molecular weight excluding hydrogens is 578 g/mol. The zero-order chi connectivity index (χ0) is 31.7. The fourth-order valence-electron chi connectivity index (χ4n) is 5.95. The number of likely N-dealkylation sites (N-methyl/N-ethyl adjacent to an activating group) is 1. The van der Waals surface area contributed by atoms with E-state index in [0.29, 0.717) is 51.0 Å². The standard InChI is InChI=1S/C30H34F6N4O3/c1-19(41)39-12-9-21(10-13-39)27(42)40-14-11-26(25(18-40)20-7-5-4-6-8-20)38(3)28(43)37(2)24-16-22(29(31,32)33)15-23(17-24)30(34,35)36/h4-8,15-17,21,25-26H,9-14,18H2,1-3H3/t25-,26+/m0/s1. The second kappa shape index (κ2) is 12.5. The third-order valence-corrected chi connectivity index (χ3v) is 8.45. The molecule has 0 bridgehead atoms. The average Bonchev–Trinajstić information content (AvgIpc) is 2.98. The fourth-order valence-corrected chi connectivity index (χ4v) is 5.95. The van der Waals surface area contributed by atoms with Gasteiger partial charge in [0.25, 0.3) is 0 Å². The number of benzene rings is 2. The van der Waals surface area contributed by atoms with Gasteiger partial charge in [0, 0.05) is 70.8 Å². The van der Waals surface area contributed by atoms with Gasteiger partial charge in [0.1, 0.15) is 0 Å². The Morgan fingerprint density at radius 3 is 1.84 bits per heavy atom. The van der Waals surface area contributed by atoms with Gasteiger partial charge in [0.05, 0.1) is 11.1 Å². The molecule has 2 atom stereocenters. The molecule has 13 heteroatoms. The quantitative estimate of drug-likeness (QED) is 0.407. The molecule has 2 saturated heterocycles. The number of anilines is 1. The Morgan fingerprint density at radius 2 is 1.33 bits per heavy atom. The summed E-state index contributed by atoms with van der Waals surface area (Å²) in [6, 6.07) is 8.98. The van der Waals surface area contributed by atoms with Gasteiger partial charge >= 0.3 is 18.4 Å². The van der Waals surface area contributed by atoms with Crippen molar-refractivity contribution >= 4 is 23.5 Å². The second-order valence-electron chi connectivity index (χ2n) is 11.2. The highest BCUT2D eigenvalue weighted by Crippen LogP contribution is 2.39. The van der Waals surface area contributed by atoms with Crippen LogP contribution >= 0.6 is 0 Å². The van der Waals surface area contributed by atoms with Gasteiger partial charge < -0.3 is 14.7 Å². The Kier molecular flexibility index (Phi) is 9.31. The number of alkyl halides is 6. The molecule has 2 aliphatic rings. The lowest BCUT2D eigenvalue weighted by molar-refractivity contribution is -0.143. The fraction of sp³-hybridized carbons (Fsp3) is 0.500. The van der Waals surface area contributed by atoms with Crippen LogP contribution < -0.4 is 4.90 Å². The van der Waals surface area contributed by atoms with Crippen molar-refractivity contribution in [3.05, 3.63) is 65.2 Å². The number of carbonyl (C=O) groups is 3. The van der Waals surface area contributed by atoms with E-state index in [1.54, 1.807) is 9.80 Å². The Hall–Kier alpha value is -3.77. The number of piperidine rings is 2. The lowest BCUT2D eigenvalue weighted by Crippen LogP contribution is -2.55. The van der Waals surface area contributed by atoms with E-state index in [0.717, 1.165) is 17.5 Å². The van der Waals surface area contributed by atoms with Crippen LogP contribution in [-0.4, -0.2) is 78.9 Å². The van der Waals surface area contributed by atoms with Crippen molar-refractivity contribution in [3.8, 4) is 0 Å². The van der Waals surface area contributed by atoms with E-state index in [9.17, 15) is 40.7 Å². The zero-order valence-electron chi connectivity index (χ0n) is 24.1. The van der Waals surface area contributed by atoms with Crippen LogP contribution in [0.5, 0.6) is 0 Å². The van der Waals surface area contributed by atoms with Gasteiger partial charge in [-0.25, -0.2) is 4.79 Å². The molecule has 2 fully saturated rings. The minimum Gasteiger partial charge on any atom is -0.343 e. The summed E-state index contributed by atoms with van der Waals surface area (Å²) in [4.78, 5) is 44.3. The highest BCUT2D eigenvalue weighted by atomic mass is 19.4. The largest absolute Gasteiger partial charge is 0.416 e. The Morgan fingerprint density at radius 1 is 0.791 bits per heavy atom. The molecule has 0 spiro atoms. The van der Waals surface area contributed by atoms with Crippen LogP contribution in [0.25, 0.3) is 0 Å². The first kappa shape index (κ1) is 32.2. The van der Waals surface area contributed by atoms with Crippen LogP contribution in [0.4, 0.5) is 36.8 Å². The summed E-state index contributed by atoms with van der Waals surface area (Å²) in [7, 11) is 2.60. The van der Waals surface area contributed by atoms with Gasteiger partial charge in [-0.15, -0.1) is 0 Å². The molecule has 0 unspecified atom stereocenters. The van der Waals surface area contributed by atoms with Gasteiger partial charge in [-0.2, -0.15) is 26.3 Å². The second-order valence-corrected chi connectivity index (χ2v) is 11.2. The van der Waals surface area contributed by atoms with Crippen LogP contribution in [0.2, 0.25) is 0 Å². The first-order chi connectivity index (χ1) is 20.1. The molecule has 2 heterocycles. The predicted octanol–water partition coefficient (Wildman–Crippen LogP) is 5.86. The number of likely N-dealkylation sites (tertiary alicyclic amines) is 2. The molecule has 0 N–H and O–H groups in total. The Balaban J connectivity index is 1.56. The van der Waals surface area contributed by atoms with E-state index in [2.05, 4.69) is 0 Å². The molecule has 0 aliphatic carbocycles. The summed E-state index contributed by atoms with van der Waals surface area (Å²) < 4.78 is 80.7. The number of nitrogens with zero attached hydrogens (tertiary/aromatic N) is 4. The SMILES string of the molecule is CC(=O)N1CCC(C(=O)N2CC[C@@H](N(C)C(=O)N(C)c3cc(C(F)(F)F)cc(C(F)(F)F)c3)[C@H](c3ccccc3)C2)CC1. The van der Waals surface area contributed by atoms with Crippen molar-refractivity contribution in [2.24, 2.45) is 5.92 Å². The molecule has 4 rings (SSSR count). The van der Waals surface area contributed by atoms with E-state index in [1.165, 1.54) is 18.9 Å². The highest BCUT2D eigenvalue weighted by Gasteiger charge is 2.41. The molecule has 234 valence electrons. The smallest absolute Gasteiger partial charge is 0.343 e. The zero-order valence-corrected chi connectivity index (χ0v) is 24.1. The van der Waals surface area contributed by atoms with E-state index in [4.69, 9.17) is 0 Å². The van der Waals surface area contributed by atoms with Crippen LogP contribution in [-0.2, 0) is 21.9 Å². The molecule has 7 nitrogen and oxygen atoms in total. The average molecular weight is 613 g/mol. The summed E-state index contributed by atoms with van der Waals surface area (Å²) in [5.41, 5.74) is -2.72. The molecule has 2 aromatic rings. The minimum atomic E-state index is -5.05. The van der Waals surface area contributed by atoms with Crippen molar-refractivity contribution in [2.45, 2.75) is 50.5 Å². The summed E-state index contributed by atoms with van der Waals surface area (Å²) in [6.45, 7) is 3.10. The van der Waals surface area contributed by atoms with E-state index < -0.39 is 41.2 Å². The van der Waals surface area contributed by atoms with Gasteiger partial charge in [-0.1, -0.05) is 30.3 Å². The minimum absolute atomic E-state index is 0.0215. The number of amides is 4. The molecule has 0 aromatic heterocycles. The van der Waals surface area contributed by atoms with Crippen LogP contribution in [0.1, 0.15) is 48.8 Å². The third-order valence-electron chi connectivity index (χ3n) is 8.45. The van der Waals surface area contributed by atoms with Gasteiger partial charge in [-0.3, -0.25) is 14.5 Å². The predicted molar refractivity (Wildman–Crippen MR) is 147 cm³/mol. The Labute approximate surface area is 246 Å². The molecular formula is C30H34F6N4O3. The van der Waals surface area contributed by atoms with E-state index in [1.807, 2.05) is 30.3 Å². The van der Waals surface area contributed by atoms with E-state index in [-0.39, 0.29) is 36.3 Å². The van der Waals surface area contributed by atoms with Gasteiger partial charge in [-0.05, 0) is 43.0 Å². The van der Waals surface area contributed by atoms with Gasteiger partial charge in [0.15, 0.2) is 0 Å². The molecule has 0 saturated carbocycles. The highest BCUT2D eigenvalue weighted by molar-refractivity contribution is 5.92. The number of urea groups is 1. The lowest BCUT2D eigenvalue weighted by Gasteiger charge is -2.45. The van der Waals surface area contributed by atoms with E-state index >= 15 is 0 Å². The Bertz CT molecular complexity index is 1290. The number of hydrogen-bond donors (Lipinski definition) is 0. The number of halogens is 6. The van der Waals surface area contributed by atoms with Crippen molar-refractivity contribution in [2.75, 3.05) is 45.2 Å². The van der Waals surface area contributed by atoms with Crippen LogP contribution in [0, 0.1) is 5.92 Å². The maximum absolute atomic E-state index is 13.6. The van der Waals surface area contributed by atoms with Crippen molar-refractivity contribution in [3.63, 3.8) is 0 Å². The van der Waals surface area contributed by atoms with Gasteiger partial charge in [0.2, 0.25) is 11.8 Å². The molecule has 0 radical (unpaired) electrons. The maximum atomic E-state index is 13.6. The van der Waals surface area contributed by atoms with Crippen LogP contribution in [0.3, 0.4) is 0 Å². The lowest BCUT2D eigenvalue weighted by atomic mass is 9.84. The molecule has 4 amide bonds. The van der Waals surface area contributed by atoms with Crippen molar-refractivity contribution < 1.29 is 40.7 Å². The molecule has 2 aliphatic heterocycles.